The Morgan fingerprint density at radius 2 is 0.821 bits per heavy atom. The van der Waals surface area contributed by atoms with Crippen LogP contribution in [-0.4, -0.2) is 32.2 Å². The average molecular weight is 389 g/mol. The van der Waals surface area contributed by atoms with Crippen LogP contribution in [0.15, 0.2) is 30.3 Å². The van der Waals surface area contributed by atoms with Crippen molar-refractivity contribution in [3.05, 3.63) is 35.9 Å². The van der Waals surface area contributed by atoms with E-state index in [1.165, 1.54) is 121 Å². The van der Waals surface area contributed by atoms with Crippen molar-refractivity contribution in [3.63, 3.8) is 0 Å². The highest BCUT2D eigenvalue weighted by Gasteiger charge is 2.04. The van der Waals surface area contributed by atoms with E-state index in [-0.39, 0.29) is 0 Å². The average Bonchev–Trinajstić information content (AvgIpc) is 2.67. The standard InChI is InChI=1S/C27H50N/c1-28(2,3)26-22-17-15-13-11-9-7-5-4-6-8-10-12-14-16-19-23-27-24-20-18-21-25-27/h18,20-21,24-25H,4-17,19,22-23,26H2,1-3H3/q+1. The second-order valence-electron chi connectivity index (χ2n) is 9.91. The van der Waals surface area contributed by atoms with Gasteiger partial charge in [-0.3, -0.25) is 0 Å². The van der Waals surface area contributed by atoms with Crippen LogP contribution >= 0.6 is 0 Å². The maximum Gasteiger partial charge on any atom is 0.0780 e. The fraction of sp³-hybridized carbons (Fsp3) is 0.778. The summed E-state index contributed by atoms with van der Waals surface area (Å²) in [5.41, 5.74) is 1.50. The van der Waals surface area contributed by atoms with Gasteiger partial charge in [0.25, 0.3) is 0 Å². The SMILES string of the molecule is C[N+](C)(C)CCCCCCCCCCCCCCCCCCc1ccccc1. The Morgan fingerprint density at radius 3 is 1.21 bits per heavy atom. The van der Waals surface area contributed by atoms with Gasteiger partial charge >= 0.3 is 0 Å². The molecule has 0 saturated heterocycles. The van der Waals surface area contributed by atoms with Crippen molar-refractivity contribution >= 4 is 0 Å². The molecule has 0 unspecified atom stereocenters. The number of aryl methyl sites for hydroxylation is 1. The molecule has 0 fully saturated rings. The van der Waals surface area contributed by atoms with Gasteiger partial charge in [0, 0.05) is 0 Å². The molecular formula is C27H50N+. The summed E-state index contributed by atoms with van der Waals surface area (Å²) in [6, 6.07) is 10.9. The molecule has 0 amide bonds. The van der Waals surface area contributed by atoms with Crippen molar-refractivity contribution in [1.29, 1.82) is 0 Å². The van der Waals surface area contributed by atoms with Crippen LogP contribution in [0.25, 0.3) is 0 Å². The van der Waals surface area contributed by atoms with Gasteiger partial charge < -0.3 is 4.48 Å². The second-order valence-corrected chi connectivity index (χ2v) is 9.91. The van der Waals surface area contributed by atoms with E-state index >= 15 is 0 Å². The summed E-state index contributed by atoms with van der Waals surface area (Å²) >= 11 is 0. The highest BCUT2D eigenvalue weighted by atomic mass is 15.3. The zero-order chi connectivity index (χ0) is 20.3. The molecule has 0 aliphatic carbocycles. The van der Waals surface area contributed by atoms with Gasteiger partial charge in [0.05, 0.1) is 27.7 Å². The molecule has 1 heteroatoms. The van der Waals surface area contributed by atoms with Gasteiger partial charge in [0.15, 0.2) is 0 Å². The third kappa shape index (κ3) is 17.3. The second kappa shape index (κ2) is 17.1. The van der Waals surface area contributed by atoms with E-state index in [0.717, 1.165) is 4.48 Å². The van der Waals surface area contributed by atoms with Crippen molar-refractivity contribution in [2.75, 3.05) is 27.7 Å². The summed E-state index contributed by atoms with van der Waals surface area (Å²) in [6.07, 6.45) is 24.4. The van der Waals surface area contributed by atoms with E-state index in [1.807, 2.05) is 0 Å². The molecule has 0 saturated carbocycles. The molecule has 162 valence electrons. The molecular weight excluding hydrogens is 338 g/mol. The fourth-order valence-corrected chi connectivity index (χ4v) is 4.03. The highest BCUT2D eigenvalue weighted by molar-refractivity contribution is 5.14. The first-order valence-electron chi connectivity index (χ1n) is 12.4. The van der Waals surface area contributed by atoms with E-state index in [9.17, 15) is 0 Å². The van der Waals surface area contributed by atoms with E-state index in [2.05, 4.69) is 51.5 Å². The third-order valence-electron chi connectivity index (χ3n) is 5.89. The first kappa shape index (κ1) is 25.2. The van der Waals surface area contributed by atoms with Crippen molar-refractivity contribution < 1.29 is 4.48 Å². The van der Waals surface area contributed by atoms with E-state index in [1.54, 1.807) is 0 Å². The molecule has 1 aromatic carbocycles. The quantitative estimate of drug-likeness (QED) is 0.165. The molecule has 0 aliphatic rings. The third-order valence-corrected chi connectivity index (χ3v) is 5.89. The van der Waals surface area contributed by atoms with Gasteiger partial charge in [-0.05, 0) is 31.2 Å². The number of rotatable bonds is 19. The largest absolute Gasteiger partial charge is 0.331 e. The number of hydrogen-bond acceptors (Lipinski definition) is 0. The Morgan fingerprint density at radius 1 is 0.464 bits per heavy atom. The molecule has 0 aromatic heterocycles. The minimum Gasteiger partial charge on any atom is -0.331 e. The van der Waals surface area contributed by atoms with Crippen LogP contribution in [0.1, 0.15) is 108 Å². The summed E-state index contributed by atoms with van der Waals surface area (Å²) in [6.45, 7) is 1.33. The Hall–Kier alpha value is -0.820. The lowest BCUT2D eigenvalue weighted by atomic mass is 10.0. The lowest BCUT2D eigenvalue weighted by Crippen LogP contribution is -2.35. The van der Waals surface area contributed by atoms with E-state index in [4.69, 9.17) is 0 Å². The van der Waals surface area contributed by atoms with E-state index < -0.39 is 0 Å². The van der Waals surface area contributed by atoms with Gasteiger partial charge in [-0.1, -0.05) is 114 Å². The smallest absolute Gasteiger partial charge is 0.0780 e. The number of hydrogen-bond donors (Lipinski definition) is 0. The maximum atomic E-state index is 2.30. The first-order valence-corrected chi connectivity index (χ1v) is 12.4. The van der Waals surface area contributed by atoms with Crippen LogP contribution in [0.3, 0.4) is 0 Å². The topological polar surface area (TPSA) is 0 Å². The molecule has 0 radical (unpaired) electrons. The van der Waals surface area contributed by atoms with E-state index in [0.29, 0.717) is 0 Å². The van der Waals surface area contributed by atoms with Gasteiger partial charge in [-0.25, -0.2) is 0 Å². The Balaban J connectivity index is 1.70. The summed E-state index contributed by atoms with van der Waals surface area (Å²) in [5, 5.41) is 0. The number of unbranched alkanes of at least 4 members (excludes halogenated alkanes) is 15. The van der Waals surface area contributed by atoms with Gasteiger partial charge in [0.2, 0.25) is 0 Å². The predicted molar refractivity (Wildman–Crippen MR) is 127 cm³/mol. The first-order chi connectivity index (χ1) is 13.6. The Bertz CT molecular complexity index is 431. The Labute approximate surface area is 177 Å². The monoisotopic (exact) mass is 388 g/mol. The zero-order valence-corrected chi connectivity index (χ0v) is 19.6. The summed E-state index contributed by atoms with van der Waals surface area (Å²) < 4.78 is 1.12. The van der Waals surface area contributed by atoms with Crippen molar-refractivity contribution in [2.45, 2.75) is 109 Å². The number of nitrogens with zero attached hydrogens (tertiary/aromatic N) is 1. The molecule has 0 bridgehead atoms. The van der Waals surface area contributed by atoms with Crippen LogP contribution in [0.4, 0.5) is 0 Å². The molecule has 0 aliphatic heterocycles. The van der Waals surface area contributed by atoms with Crippen LogP contribution in [-0.2, 0) is 6.42 Å². The lowest BCUT2D eigenvalue weighted by molar-refractivity contribution is -0.870. The minimum absolute atomic E-state index is 1.12. The molecule has 0 N–H and O–H groups in total. The van der Waals surface area contributed by atoms with Crippen LogP contribution in [0.5, 0.6) is 0 Å². The maximum absolute atomic E-state index is 2.30. The van der Waals surface area contributed by atoms with Gasteiger partial charge in [-0.15, -0.1) is 0 Å². The molecule has 1 rings (SSSR count). The molecule has 1 nitrogen and oxygen atoms in total. The van der Waals surface area contributed by atoms with Gasteiger partial charge in [0.1, 0.15) is 0 Å². The van der Waals surface area contributed by atoms with Gasteiger partial charge in [-0.2, -0.15) is 0 Å². The number of quaternary nitrogens is 1. The highest BCUT2D eigenvalue weighted by Crippen LogP contribution is 2.14. The lowest BCUT2D eigenvalue weighted by Gasteiger charge is -2.23. The summed E-state index contributed by atoms with van der Waals surface area (Å²) in [4.78, 5) is 0. The molecule has 28 heavy (non-hydrogen) atoms. The van der Waals surface area contributed by atoms with Crippen molar-refractivity contribution in [1.82, 2.24) is 0 Å². The number of benzene rings is 1. The zero-order valence-electron chi connectivity index (χ0n) is 19.6. The molecule has 1 aromatic rings. The van der Waals surface area contributed by atoms with Crippen molar-refractivity contribution in [2.24, 2.45) is 0 Å². The fourth-order valence-electron chi connectivity index (χ4n) is 4.03. The normalized spacial score (nSPS) is 11.8. The van der Waals surface area contributed by atoms with Crippen LogP contribution < -0.4 is 0 Å². The minimum atomic E-state index is 1.12. The van der Waals surface area contributed by atoms with Crippen molar-refractivity contribution in [3.8, 4) is 0 Å². The van der Waals surface area contributed by atoms with Crippen LogP contribution in [0.2, 0.25) is 0 Å². The Kier molecular flexibility index (Phi) is 15.4. The summed E-state index contributed by atoms with van der Waals surface area (Å²) in [5.74, 6) is 0. The molecule has 0 heterocycles. The predicted octanol–water partition coefficient (Wildman–Crippen LogP) is 8.18. The molecule has 0 spiro atoms. The molecule has 0 atom stereocenters. The summed E-state index contributed by atoms with van der Waals surface area (Å²) in [7, 11) is 6.90. The van der Waals surface area contributed by atoms with Crippen LogP contribution in [0, 0.1) is 0 Å².